The molecule has 0 aliphatic heterocycles. The predicted octanol–water partition coefficient (Wildman–Crippen LogP) is 2.24. The number of amides is 1. The Labute approximate surface area is 127 Å². The summed E-state index contributed by atoms with van der Waals surface area (Å²) in [6, 6.07) is 9.29. The number of benzene rings is 1. The van der Waals surface area contributed by atoms with E-state index in [9.17, 15) is 9.59 Å². The highest BCUT2D eigenvalue weighted by molar-refractivity contribution is 5.94. The Bertz CT molecular complexity index is 717. The van der Waals surface area contributed by atoms with Crippen LogP contribution in [0.1, 0.15) is 29.1 Å². The van der Waals surface area contributed by atoms with Gasteiger partial charge < -0.3 is 14.8 Å². The van der Waals surface area contributed by atoms with Gasteiger partial charge in [-0.2, -0.15) is 0 Å². The van der Waals surface area contributed by atoms with Crippen molar-refractivity contribution in [2.45, 2.75) is 19.8 Å². The molecule has 1 aliphatic carbocycles. The fourth-order valence-corrected chi connectivity index (χ4v) is 2.26. The van der Waals surface area contributed by atoms with Crippen molar-refractivity contribution < 1.29 is 19.1 Å². The summed E-state index contributed by atoms with van der Waals surface area (Å²) in [7, 11) is 0. The molecule has 1 fully saturated rings. The summed E-state index contributed by atoms with van der Waals surface area (Å²) in [5, 5.41) is 11.8. The smallest absolute Gasteiger partial charge is 0.311 e. The number of hydrogen-bond donors (Lipinski definition) is 2. The zero-order valence-corrected chi connectivity index (χ0v) is 12.1. The van der Waals surface area contributed by atoms with Crippen LogP contribution in [0.25, 0.3) is 11.5 Å². The van der Waals surface area contributed by atoms with E-state index in [0.717, 1.165) is 5.56 Å². The van der Waals surface area contributed by atoms with Crippen molar-refractivity contribution in [3.8, 4) is 11.5 Å². The molecule has 114 valence electrons. The van der Waals surface area contributed by atoms with Crippen LogP contribution in [0.4, 0.5) is 0 Å². The molecule has 1 aromatic carbocycles. The molecule has 2 N–H and O–H groups in total. The summed E-state index contributed by atoms with van der Waals surface area (Å²) >= 11 is 0. The van der Waals surface area contributed by atoms with E-state index in [2.05, 4.69) is 10.3 Å². The first-order valence-electron chi connectivity index (χ1n) is 7.06. The third-order valence-electron chi connectivity index (χ3n) is 3.93. The number of carboxylic acids is 1. The molecule has 2 aromatic rings. The topological polar surface area (TPSA) is 92.4 Å². The Morgan fingerprint density at radius 2 is 2.00 bits per heavy atom. The highest BCUT2D eigenvalue weighted by Crippen LogP contribution is 2.45. The number of aryl methyl sites for hydroxylation is 1. The molecule has 6 nitrogen and oxygen atoms in total. The van der Waals surface area contributed by atoms with E-state index in [0.29, 0.717) is 24.5 Å². The van der Waals surface area contributed by atoms with Gasteiger partial charge in [0.2, 0.25) is 5.89 Å². The number of oxazole rings is 1. The summed E-state index contributed by atoms with van der Waals surface area (Å²) in [5.41, 5.74) is 0.184. The summed E-state index contributed by atoms with van der Waals surface area (Å²) in [6.45, 7) is 1.78. The molecular weight excluding hydrogens is 284 g/mol. The molecule has 3 rings (SSSR count). The number of carbonyl (C=O) groups is 2. The number of nitrogens with one attached hydrogen (secondary N) is 1. The number of carboxylic acid groups (broad SMARTS) is 1. The van der Waals surface area contributed by atoms with Crippen LogP contribution in [-0.4, -0.2) is 28.5 Å². The maximum Gasteiger partial charge on any atom is 0.311 e. The van der Waals surface area contributed by atoms with Crippen molar-refractivity contribution in [3.05, 3.63) is 41.8 Å². The van der Waals surface area contributed by atoms with Gasteiger partial charge in [-0.05, 0) is 31.9 Å². The van der Waals surface area contributed by atoms with Crippen LogP contribution in [-0.2, 0) is 4.79 Å². The lowest BCUT2D eigenvalue weighted by atomic mass is 10.1. The predicted molar refractivity (Wildman–Crippen MR) is 78.3 cm³/mol. The summed E-state index contributed by atoms with van der Waals surface area (Å²) < 4.78 is 5.53. The van der Waals surface area contributed by atoms with Gasteiger partial charge in [-0.1, -0.05) is 18.2 Å². The highest BCUT2D eigenvalue weighted by atomic mass is 16.4. The number of aromatic nitrogens is 1. The van der Waals surface area contributed by atoms with Gasteiger partial charge in [-0.25, -0.2) is 4.98 Å². The molecule has 1 aromatic heterocycles. The minimum absolute atomic E-state index is 0.119. The van der Waals surface area contributed by atoms with Crippen LogP contribution in [0, 0.1) is 12.3 Å². The minimum atomic E-state index is -0.866. The van der Waals surface area contributed by atoms with Crippen molar-refractivity contribution in [1.29, 1.82) is 0 Å². The molecule has 1 aliphatic rings. The quantitative estimate of drug-likeness (QED) is 0.883. The molecule has 22 heavy (non-hydrogen) atoms. The van der Waals surface area contributed by atoms with Crippen LogP contribution in [0.5, 0.6) is 0 Å². The summed E-state index contributed by atoms with van der Waals surface area (Å²) in [5.74, 6) is -0.482. The summed E-state index contributed by atoms with van der Waals surface area (Å²) in [6.07, 6.45) is 1.19. The number of hydrogen-bond acceptors (Lipinski definition) is 4. The first kappa shape index (κ1) is 14.3. The molecule has 0 saturated heterocycles. The lowest BCUT2D eigenvalue weighted by Crippen LogP contribution is -2.34. The third kappa shape index (κ3) is 2.59. The van der Waals surface area contributed by atoms with Crippen molar-refractivity contribution >= 4 is 11.9 Å². The van der Waals surface area contributed by atoms with Gasteiger partial charge in [0.05, 0.1) is 5.41 Å². The zero-order valence-electron chi connectivity index (χ0n) is 12.1. The molecular formula is C16H16N2O4. The minimum Gasteiger partial charge on any atom is -0.481 e. The normalized spacial score (nSPS) is 15.3. The van der Waals surface area contributed by atoms with Gasteiger partial charge in [0.15, 0.2) is 5.69 Å². The molecule has 1 amide bonds. The lowest BCUT2D eigenvalue weighted by Gasteiger charge is -2.09. The van der Waals surface area contributed by atoms with Crippen molar-refractivity contribution in [3.63, 3.8) is 0 Å². The first-order valence-corrected chi connectivity index (χ1v) is 7.06. The Hall–Kier alpha value is -2.63. The largest absolute Gasteiger partial charge is 0.481 e. The standard InChI is InChI=1S/C16H16N2O4/c1-10-12(13(19)17-9-16(7-8-16)15(20)21)18-14(22-10)11-5-3-2-4-6-11/h2-6H,7-9H2,1H3,(H,17,19)(H,20,21). The third-order valence-corrected chi connectivity index (χ3v) is 3.93. The Morgan fingerprint density at radius 1 is 1.32 bits per heavy atom. The Morgan fingerprint density at radius 3 is 2.59 bits per heavy atom. The zero-order chi connectivity index (χ0) is 15.7. The van der Waals surface area contributed by atoms with E-state index >= 15 is 0 Å². The monoisotopic (exact) mass is 300 g/mol. The van der Waals surface area contributed by atoms with E-state index < -0.39 is 17.3 Å². The van der Waals surface area contributed by atoms with Crippen LogP contribution < -0.4 is 5.32 Å². The Balaban J connectivity index is 1.74. The van der Waals surface area contributed by atoms with Crippen molar-refractivity contribution in [2.24, 2.45) is 5.41 Å². The van der Waals surface area contributed by atoms with Gasteiger partial charge >= 0.3 is 5.97 Å². The van der Waals surface area contributed by atoms with Crippen molar-refractivity contribution in [2.75, 3.05) is 6.54 Å². The number of carbonyl (C=O) groups excluding carboxylic acids is 1. The lowest BCUT2D eigenvalue weighted by molar-refractivity contribution is -0.143. The van der Waals surface area contributed by atoms with Crippen LogP contribution in [0.15, 0.2) is 34.7 Å². The number of nitrogens with zero attached hydrogens (tertiary/aromatic N) is 1. The Kier molecular flexibility index (Phi) is 3.44. The second kappa shape index (κ2) is 5.29. The number of aliphatic carboxylic acids is 1. The van der Waals surface area contributed by atoms with Crippen LogP contribution in [0.2, 0.25) is 0 Å². The van der Waals surface area contributed by atoms with Gasteiger partial charge in [-0.15, -0.1) is 0 Å². The molecule has 1 heterocycles. The molecule has 0 spiro atoms. The van der Waals surface area contributed by atoms with Crippen LogP contribution in [0.3, 0.4) is 0 Å². The second-order valence-corrected chi connectivity index (χ2v) is 5.56. The fraction of sp³-hybridized carbons (Fsp3) is 0.312. The first-order chi connectivity index (χ1) is 10.5. The molecule has 0 radical (unpaired) electrons. The van der Waals surface area contributed by atoms with E-state index in [-0.39, 0.29) is 12.2 Å². The average molecular weight is 300 g/mol. The molecule has 6 heteroatoms. The van der Waals surface area contributed by atoms with Gasteiger partial charge in [0, 0.05) is 12.1 Å². The maximum absolute atomic E-state index is 12.2. The van der Waals surface area contributed by atoms with Gasteiger partial charge in [-0.3, -0.25) is 9.59 Å². The van der Waals surface area contributed by atoms with Gasteiger partial charge in [0.25, 0.3) is 5.91 Å². The van der Waals surface area contributed by atoms with Gasteiger partial charge in [0.1, 0.15) is 5.76 Å². The average Bonchev–Trinajstić information content (AvgIpc) is 3.22. The molecule has 0 atom stereocenters. The maximum atomic E-state index is 12.2. The van der Waals surface area contributed by atoms with Crippen molar-refractivity contribution in [1.82, 2.24) is 10.3 Å². The highest BCUT2D eigenvalue weighted by Gasteiger charge is 2.50. The van der Waals surface area contributed by atoms with E-state index in [1.54, 1.807) is 6.92 Å². The second-order valence-electron chi connectivity index (χ2n) is 5.56. The molecule has 0 bridgehead atoms. The number of rotatable bonds is 5. The molecule has 1 saturated carbocycles. The summed E-state index contributed by atoms with van der Waals surface area (Å²) in [4.78, 5) is 27.5. The van der Waals surface area contributed by atoms with E-state index in [4.69, 9.17) is 9.52 Å². The van der Waals surface area contributed by atoms with E-state index in [1.165, 1.54) is 0 Å². The SMILES string of the molecule is Cc1oc(-c2ccccc2)nc1C(=O)NCC1(C(=O)O)CC1. The molecule has 0 unspecified atom stereocenters. The van der Waals surface area contributed by atoms with E-state index in [1.807, 2.05) is 30.3 Å². The van der Waals surface area contributed by atoms with Crippen LogP contribution >= 0.6 is 0 Å². The fourth-order valence-electron chi connectivity index (χ4n) is 2.26.